The highest BCUT2D eigenvalue weighted by atomic mass is 32.1. The van der Waals surface area contributed by atoms with Crippen LogP contribution in [0.2, 0.25) is 0 Å². The van der Waals surface area contributed by atoms with Crippen molar-refractivity contribution in [1.82, 2.24) is 15.2 Å². The molecular formula is C22H26N4O2S. The van der Waals surface area contributed by atoms with Crippen molar-refractivity contribution in [2.45, 2.75) is 6.42 Å². The van der Waals surface area contributed by atoms with E-state index in [2.05, 4.69) is 15.1 Å². The van der Waals surface area contributed by atoms with Gasteiger partial charge in [0.2, 0.25) is 5.91 Å². The van der Waals surface area contributed by atoms with E-state index in [4.69, 9.17) is 9.72 Å². The molecule has 2 heterocycles. The van der Waals surface area contributed by atoms with E-state index in [9.17, 15) is 4.79 Å². The number of ether oxygens (including phenoxy) is 1. The highest BCUT2D eigenvalue weighted by molar-refractivity contribution is 7.22. The zero-order valence-corrected chi connectivity index (χ0v) is 17.5. The smallest absolute Gasteiger partial charge is 0.224 e. The fourth-order valence-corrected chi connectivity index (χ4v) is 4.56. The van der Waals surface area contributed by atoms with Crippen molar-refractivity contribution in [1.29, 1.82) is 0 Å². The number of benzene rings is 2. The van der Waals surface area contributed by atoms with Crippen LogP contribution in [0.25, 0.3) is 10.2 Å². The largest absolute Gasteiger partial charge is 0.497 e. The molecule has 2 aromatic carbocycles. The second-order valence-corrected chi connectivity index (χ2v) is 8.18. The number of hydrogen-bond donors (Lipinski definition) is 1. The molecule has 1 N–H and O–H groups in total. The summed E-state index contributed by atoms with van der Waals surface area (Å²) in [4.78, 5) is 21.6. The maximum atomic E-state index is 12.1. The van der Waals surface area contributed by atoms with E-state index in [1.54, 1.807) is 18.4 Å². The lowest BCUT2D eigenvalue weighted by Crippen LogP contribution is -2.48. The van der Waals surface area contributed by atoms with Crippen molar-refractivity contribution in [3.8, 4) is 5.75 Å². The van der Waals surface area contributed by atoms with Gasteiger partial charge in [-0.3, -0.25) is 9.69 Å². The van der Waals surface area contributed by atoms with Crippen LogP contribution in [0.15, 0.2) is 48.5 Å². The number of hydrogen-bond acceptors (Lipinski definition) is 6. The number of anilines is 1. The van der Waals surface area contributed by atoms with E-state index in [1.807, 2.05) is 48.5 Å². The fraction of sp³-hybridized carbons (Fsp3) is 0.364. The summed E-state index contributed by atoms with van der Waals surface area (Å²) < 4.78 is 6.46. The van der Waals surface area contributed by atoms with Crippen molar-refractivity contribution in [2.75, 3.05) is 51.3 Å². The van der Waals surface area contributed by atoms with Crippen molar-refractivity contribution in [3.05, 3.63) is 54.1 Å². The van der Waals surface area contributed by atoms with Crippen LogP contribution in [0.4, 0.5) is 5.13 Å². The Morgan fingerprint density at radius 1 is 1.14 bits per heavy atom. The summed E-state index contributed by atoms with van der Waals surface area (Å²) in [5, 5.41) is 4.11. The molecule has 1 saturated heterocycles. The molecule has 6 nitrogen and oxygen atoms in total. The van der Waals surface area contributed by atoms with Gasteiger partial charge in [0.05, 0.1) is 23.7 Å². The molecule has 0 bridgehead atoms. The molecule has 1 aromatic heterocycles. The number of methoxy groups -OCH3 is 1. The molecule has 1 fully saturated rings. The monoisotopic (exact) mass is 410 g/mol. The summed E-state index contributed by atoms with van der Waals surface area (Å²) in [5.74, 6) is 0.951. The zero-order valence-electron chi connectivity index (χ0n) is 16.6. The Balaban J connectivity index is 1.22. The molecule has 0 saturated carbocycles. The third kappa shape index (κ3) is 5.05. The van der Waals surface area contributed by atoms with E-state index in [0.717, 1.165) is 59.4 Å². The number of nitrogens with zero attached hydrogens (tertiary/aromatic N) is 3. The molecule has 7 heteroatoms. The van der Waals surface area contributed by atoms with Crippen molar-refractivity contribution in [2.24, 2.45) is 0 Å². The number of rotatable bonds is 7. The maximum absolute atomic E-state index is 12.1. The van der Waals surface area contributed by atoms with Crippen molar-refractivity contribution >= 4 is 32.6 Å². The number of amides is 1. The summed E-state index contributed by atoms with van der Waals surface area (Å²) >= 11 is 1.72. The quantitative estimate of drug-likeness (QED) is 0.649. The maximum Gasteiger partial charge on any atom is 0.224 e. The van der Waals surface area contributed by atoms with Crippen LogP contribution in [0.5, 0.6) is 5.75 Å². The summed E-state index contributed by atoms with van der Waals surface area (Å²) in [6.07, 6.45) is 0.441. The predicted octanol–water partition coefficient (Wildman–Crippen LogP) is 2.79. The molecule has 0 aliphatic carbocycles. The molecule has 0 unspecified atom stereocenters. The minimum atomic E-state index is 0.0831. The lowest BCUT2D eigenvalue weighted by Gasteiger charge is -2.34. The van der Waals surface area contributed by atoms with Crippen LogP contribution in [0.3, 0.4) is 0 Å². The van der Waals surface area contributed by atoms with Gasteiger partial charge < -0.3 is 15.0 Å². The number of thiazole rings is 1. The molecule has 1 aliphatic heterocycles. The Morgan fingerprint density at radius 3 is 2.69 bits per heavy atom. The summed E-state index contributed by atoms with van der Waals surface area (Å²) in [5.41, 5.74) is 2.07. The Hall–Kier alpha value is -2.64. The van der Waals surface area contributed by atoms with Gasteiger partial charge in [0, 0.05) is 39.3 Å². The van der Waals surface area contributed by atoms with E-state index in [-0.39, 0.29) is 5.91 Å². The lowest BCUT2D eigenvalue weighted by molar-refractivity contribution is -0.120. The Labute approximate surface area is 175 Å². The second-order valence-electron chi connectivity index (χ2n) is 7.17. The standard InChI is InChI=1S/C22H26N4O2S/c1-28-18-7-8-19-20(16-18)29-22(24-19)26-13-11-25(12-14-26)10-9-23-21(27)15-17-5-3-2-4-6-17/h2-8,16H,9-15H2,1H3,(H,23,27). The lowest BCUT2D eigenvalue weighted by atomic mass is 10.1. The number of aromatic nitrogens is 1. The molecule has 4 rings (SSSR count). The second kappa shape index (κ2) is 9.24. The molecule has 0 spiro atoms. The summed E-state index contributed by atoms with van der Waals surface area (Å²) in [6.45, 7) is 5.43. The van der Waals surface area contributed by atoms with E-state index in [1.165, 1.54) is 0 Å². The van der Waals surface area contributed by atoms with Crippen LogP contribution < -0.4 is 15.0 Å². The highest BCUT2D eigenvalue weighted by Crippen LogP contribution is 2.31. The first-order valence-electron chi connectivity index (χ1n) is 9.94. The van der Waals surface area contributed by atoms with Crippen LogP contribution in [-0.2, 0) is 11.2 Å². The van der Waals surface area contributed by atoms with Crippen molar-refractivity contribution < 1.29 is 9.53 Å². The molecular weight excluding hydrogens is 384 g/mol. The number of fused-ring (bicyclic) bond motifs is 1. The van der Waals surface area contributed by atoms with Gasteiger partial charge in [-0.2, -0.15) is 0 Å². The third-order valence-corrected chi connectivity index (χ3v) is 6.26. The molecule has 0 radical (unpaired) electrons. The predicted molar refractivity (Wildman–Crippen MR) is 118 cm³/mol. The first kappa shape index (κ1) is 19.7. The third-order valence-electron chi connectivity index (χ3n) is 5.18. The van der Waals surface area contributed by atoms with Gasteiger partial charge in [-0.25, -0.2) is 4.98 Å². The normalized spacial score (nSPS) is 14.9. The van der Waals surface area contributed by atoms with Gasteiger partial charge >= 0.3 is 0 Å². The van der Waals surface area contributed by atoms with E-state index in [0.29, 0.717) is 13.0 Å². The minimum Gasteiger partial charge on any atom is -0.497 e. The van der Waals surface area contributed by atoms with Gasteiger partial charge in [0.1, 0.15) is 5.75 Å². The van der Waals surface area contributed by atoms with Crippen molar-refractivity contribution in [3.63, 3.8) is 0 Å². The van der Waals surface area contributed by atoms with Gasteiger partial charge in [0.15, 0.2) is 5.13 Å². The summed E-state index contributed by atoms with van der Waals surface area (Å²) in [6, 6.07) is 15.9. The first-order valence-corrected chi connectivity index (χ1v) is 10.8. The Bertz CT molecular complexity index is 952. The molecule has 0 atom stereocenters. The number of carbonyl (C=O) groups is 1. The van der Waals surface area contributed by atoms with Crippen LogP contribution in [0, 0.1) is 0 Å². The average molecular weight is 411 g/mol. The topological polar surface area (TPSA) is 57.7 Å². The van der Waals surface area contributed by atoms with Crippen LogP contribution >= 0.6 is 11.3 Å². The molecule has 29 heavy (non-hydrogen) atoms. The Kier molecular flexibility index (Phi) is 6.27. The van der Waals surface area contributed by atoms with E-state index >= 15 is 0 Å². The molecule has 3 aromatic rings. The van der Waals surface area contributed by atoms with Crippen LogP contribution in [-0.4, -0.2) is 62.2 Å². The SMILES string of the molecule is COc1ccc2nc(N3CCN(CCNC(=O)Cc4ccccc4)CC3)sc2c1. The average Bonchev–Trinajstić information content (AvgIpc) is 3.18. The molecule has 1 amide bonds. The zero-order chi connectivity index (χ0) is 20.1. The first-order chi connectivity index (χ1) is 14.2. The molecule has 152 valence electrons. The van der Waals surface area contributed by atoms with Gasteiger partial charge in [-0.1, -0.05) is 41.7 Å². The Morgan fingerprint density at radius 2 is 1.93 bits per heavy atom. The number of carbonyl (C=O) groups excluding carboxylic acids is 1. The molecule has 1 aliphatic rings. The van der Waals surface area contributed by atoms with Gasteiger partial charge in [-0.15, -0.1) is 0 Å². The number of nitrogens with one attached hydrogen (secondary N) is 1. The minimum absolute atomic E-state index is 0.0831. The summed E-state index contributed by atoms with van der Waals surface area (Å²) in [7, 11) is 1.69. The highest BCUT2D eigenvalue weighted by Gasteiger charge is 2.20. The van der Waals surface area contributed by atoms with Crippen LogP contribution in [0.1, 0.15) is 5.56 Å². The fourth-order valence-electron chi connectivity index (χ4n) is 3.51. The van der Waals surface area contributed by atoms with E-state index < -0.39 is 0 Å². The number of piperazine rings is 1. The van der Waals surface area contributed by atoms with Gasteiger partial charge in [0.25, 0.3) is 0 Å². The van der Waals surface area contributed by atoms with Gasteiger partial charge in [-0.05, 0) is 23.8 Å².